The van der Waals surface area contributed by atoms with Gasteiger partial charge in [0.2, 0.25) is 0 Å². The van der Waals surface area contributed by atoms with Crippen molar-refractivity contribution in [2.45, 2.75) is 6.61 Å². The van der Waals surface area contributed by atoms with E-state index in [0.29, 0.717) is 27.9 Å². The first-order valence-corrected chi connectivity index (χ1v) is 8.29. The van der Waals surface area contributed by atoms with Crippen molar-refractivity contribution in [1.29, 1.82) is 0 Å². The third kappa shape index (κ3) is 4.34. The maximum atomic E-state index is 12.4. The van der Waals surface area contributed by atoms with Gasteiger partial charge in [-0.15, -0.1) is 0 Å². The molecular formula is C19H18ClN3O3. The standard InChI is InChI=1S/C19H18ClN3O3/c1-23-10-9-18(22-23)21-19(24)13-3-8-17(25-2)14(11-13)12-26-16-6-4-15(20)5-7-16/h3-11H,12H2,1-2H3,(H,21,22,24). The number of amides is 1. The Bertz CT molecular complexity index is 907. The van der Waals surface area contributed by atoms with Crippen LogP contribution in [0.4, 0.5) is 5.82 Å². The molecule has 26 heavy (non-hydrogen) atoms. The van der Waals surface area contributed by atoms with Gasteiger partial charge in [-0.1, -0.05) is 11.6 Å². The third-order valence-corrected chi connectivity index (χ3v) is 3.96. The van der Waals surface area contributed by atoms with Gasteiger partial charge in [0.25, 0.3) is 5.91 Å². The van der Waals surface area contributed by atoms with Crippen LogP contribution in [0.1, 0.15) is 15.9 Å². The number of carbonyl (C=O) groups excluding carboxylic acids is 1. The Morgan fingerprint density at radius 1 is 1.19 bits per heavy atom. The first-order valence-electron chi connectivity index (χ1n) is 7.91. The molecule has 1 heterocycles. The minimum atomic E-state index is -0.251. The van der Waals surface area contributed by atoms with Crippen molar-refractivity contribution in [3.05, 3.63) is 70.9 Å². The summed E-state index contributed by atoms with van der Waals surface area (Å²) in [5.41, 5.74) is 1.25. The van der Waals surface area contributed by atoms with Crippen molar-refractivity contribution in [3.63, 3.8) is 0 Å². The Hall–Kier alpha value is -2.99. The molecule has 1 amide bonds. The number of nitrogens with one attached hydrogen (secondary N) is 1. The molecule has 0 atom stereocenters. The molecule has 0 aliphatic rings. The maximum Gasteiger partial charge on any atom is 0.256 e. The molecule has 0 unspecified atom stereocenters. The minimum absolute atomic E-state index is 0.251. The van der Waals surface area contributed by atoms with Crippen LogP contribution < -0.4 is 14.8 Å². The number of carbonyl (C=O) groups is 1. The summed E-state index contributed by atoms with van der Waals surface area (Å²) < 4.78 is 12.7. The van der Waals surface area contributed by atoms with E-state index < -0.39 is 0 Å². The highest BCUT2D eigenvalue weighted by Crippen LogP contribution is 2.23. The van der Waals surface area contributed by atoms with Gasteiger partial charge in [0.1, 0.15) is 18.1 Å². The SMILES string of the molecule is COc1ccc(C(=O)Nc2ccn(C)n2)cc1COc1ccc(Cl)cc1. The van der Waals surface area contributed by atoms with Crippen LogP contribution in [0.2, 0.25) is 5.02 Å². The van der Waals surface area contributed by atoms with Crippen LogP contribution in [0, 0.1) is 0 Å². The van der Waals surface area contributed by atoms with Gasteiger partial charge in [0, 0.05) is 35.5 Å². The highest BCUT2D eigenvalue weighted by atomic mass is 35.5. The lowest BCUT2D eigenvalue weighted by Crippen LogP contribution is -2.13. The number of aromatic nitrogens is 2. The fourth-order valence-corrected chi connectivity index (χ4v) is 2.52. The van der Waals surface area contributed by atoms with Gasteiger partial charge in [0.15, 0.2) is 5.82 Å². The molecule has 0 aliphatic carbocycles. The molecule has 1 aromatic heterocycles. The topological polar surface area (TPSA) is 65.4 Å². The Morgan fingerprint density at radius 2 is 1.96 bits per heavy atom. The zero-order valence-corrected chi connectivity index (χ0v) is 15.2. The molecule has 7 heteroatoms. The number of hydrogen-bond acceptors (Lipinski definition) is 4. The highest BCUT2D eigenvalue weighted by Gasteiger charge is 2.12. The van der Waals surface area contributed by atoms with Crippen molar-refractivity contribution in [3.8, 4) is 11.5 Å². The molecule has 134 valence electrons. The fraction of sp³-hybridized carbons (Fsp3) is 0.158. The zero-order valence-electron chi connectivity index (χ0n) is 14.4. The molecule has 6 nitrogen and oxygen atoms in total. The molecule has 2 aromatic carbocycles. The summed E-state index contributed by atoms with van der Waals surface area (Å²) in [6.45, 7) is 0.259. The number of rotatable bonds is 6. The summed E-state index contributed by atoms with van der Waals surface area (Å²) in [6, 6.07) is 14.0. The van der Waals surface area contributed by atoms with Crippen molar-refractivity contribution in [2.75, 3.05) is 12.4 Å². The number of aryl methyl sites for hydroxylation is 1. The van der Waals surface area contributed by atoms with Crippen molar-refractivity contribution < 1.29 is 14.3 Å². The number of methoxy groups -OCH3 is 1. The molecule has 3 rings (SSSR count). The van der Waals surface area contributed by atoms with Gasteiger partial charge >= 0.3 is 0 Å². The van der Waals surface area contributed by atoms with E-state index in [1.54, 1.807) is 73.6 Å². The van der Waals surface area contributed by atoms with Gasteiger partial charge in [0.05, 0.1) is 7.11 Å². The highest BCUT2D eigenvalue weighted by molar-refractivity contribution is 6.30. The second-order valence-corrected chi connectivity index (χ2v) is 6.03. The van der Waals surface area contributed by atoms with Gasteiger partial charge in [-0.2, -0.15) is 5.10 Å². The molecule has 0 aliphatic heterocycles. The first kappa shape index (κ1) is 17.8. The van der Waals surface area contributed by atoms with Crippen molar-refractivity contribution in [1.82, 2.24) is 9.78 Å². The smallest absolute Gasteiger partial charge is 0.256 e. The number of hydrogen-bond donors (Lipinski definition) is 1. The Balaban J connectivity index is 1.74. The summed E-state index contributed by atoms with van der Waals surface area (Å²) in [4.78, 5) is 12.4. The summed E-state index contributed by atoms with van der Waals surface area (Å²) in [5, 5.41) is 7.54. The van der Waals surface area contributed by atoms with Crippen LogP contribution >= 0.6 is 11.6 Å². The normalized spacial score (nSPS) is 10.4. The molecule has 0 radical (unpaired) electrons. The zero-order chi connectivity index (χ0) is 18.5. The lowest BCUT2D eigenvalue weighted by Gasteiger charge is -2.12. The van der Waals surface area contributed by atoms with Gasteiger partial charge in [-0.05, 0) is 42.5 Å². The Labute approximate surface area is 156 Å². The van der Waals surface area contributed by atoms with Gasteiger partial charge < -0.3 is 14.8 Å². The molecular weight excluding hydrogens is 354 g/mol. The quantitative estimate of drug-likeness (QED) is 0.713. The van der Waals surface area contributed by atoms with E-state index >= 15 is 0 Å². The fourth-order valence-electron chi connectivity index (χ4n) is 2.39. The summed E-state index contributed by atoms with van der Waals surface area (Å²) in [5.74, 6) is 1.57. The van der Waals surface area contributed by atoms with E-state index in [9.17, 15) is 4.79 Å². The van der Waals surface area contributed by atoms with E-state index in [4.69, 9.17) is 21.1 Å². The molecule has 0 fully saturated rings. The Kier molecular flexibility index (Phi) is 5.43. The lowest BCUT2D eigenvalue weighted by atomic mass is 10.1. The van der Waals surface area contributed by atoms with E-state index in [1.807, 2.05) is 0 Å². The largest absolute Gasteiger partial charge is 0.496 e. The van der Waals surface area contributed by atoms with Crippen molar-refractivity contribution >= 4 is 23.3 Å². The first-order chi connectivity index (χ1) is 12.5. The second kappa shape index (κ2) is 7.93. The molecule has 0 bridgehead atoms. The van der Waals surface area contributed by atoms with Crippen LogP contribution in [-0.4, -0.2) is 22.8 Å². The van der Waals surface area contributed by atoms with E-state index in [0.717, 1.165) is 5.56 Å². The average molecular weight is 372 g/mol. The van der Waals surface area contributed by atoms with E-state index in [2.05, 4.69) is 10.4 Å². The number of nitrogens with zero attached hydrogens (tertiary/aromatic N) is 2. The third-order valence-electron chi connectivity index (χ3n) is 3.71. The van der Waals surface area contributed by atoms with Crippen LogP contribution in [0.3, 0.4) is 0 Å². The van der Waals surface area contributed by atoms with Crippen LogP contribution in [0.15, 0.2) is 54.7 Å². The lowest BCUT2D eigenvalue weighted by molar-refractivity contribution is 0.102. The van der Waals surface area contributed by atoms with Crippen LogP contribution in [0.5, 0.6) is 11.5 Å². The van der Waals surface area contributed by atoms with Gasteiger partial charge in [-0.25, -0.2) is 0 Å². The maximum absolute atomic E-state index is 12.4. The number of halogens is 1. The van der Waals surface area contributed by atoms with Crippen LogP contribution in [0.25, 0.3) is 0 Å². The van der Waals surface area contributed by atoms with E-state index in [1.165, 1.54) is 0 Å². The van der Waals surface area contributed by atoms with Gasteiger partial charge in [-0.3, -0.25) is 9.48 Å². The summed E-state index contributed by atoms with van der Waals surface area (Å²) >= 11 is 5.87. The minimum Gasteiger partial charge on any atom is -0.496 e. The molecule has 0 spiro atoms. The van der Waals surface area contributed by atoms with E-state index in [-0.39, 0.29) is 12.5 Å². The average Bonchev–Trinajstić information content (AvgIpc) is 3.05. The molecule has 0 saturated heterocycles. The molecule has 3 aromatic rings. The van der Waals surface area contributed by atoms with Crippen LogP contribution in [-0.2, 0) is 13.7 Å². The van der Waals surface area contributed by atoms with Crippen molar-refractivity contribution in [2.24, 2.45) is 7.05 Å². The number of benzene rings is 2. The molecule has 1 N–H and O–H groups in total. The Morgan fingerprint density at radius 3 is 2.62 bits per heavy atom. The second-order valence-electron chi connectivity index (χ2n) is 5.60. The predicted octanol–water partition coefficient (Wildman–Crippen LogP) is 3.91. The summed E-state index contributed by atoms with van der Waals surface area (Å²) in [6.07, 6.45) is 1.76. The monoisotopic (exact) mass is 371 g/mol. The summed E-state index contributed by atoms with van der Waals surface area (Å²) in [7, 11) is 3.37. The number of ether oxygens (including phenoxy) is 2. The molecule has 0 saturated carbocycles. The predicted molar refractivity (Wildman–Crippen MR) is 99.9 cm³/mol. The number of anilines is 1.